The number of furan rings is 2. The van der Waals surface area contributed by atoms with Gasteiger partial charge in [0.15, 0.2) is 0 Å². The van der Waals surface area contributed by atoms with Gasteiger partial charge < -0.3 is 13.8 Å². The molecule has 0 radical (unpaired) electrons. The molecule has 0 aromatic carbocycles. The van der Waals surface area contributed by atoms with Crippen LogP contribution in [0.5, 0.6) is 0 Å². The molecule has 3 aromatic rings. The SMILES string of the molecule is O=c1[nH]c(Cc2ccco2)c(Cc2ccco2)c(=O)[nH]1. The summed E-state index contributed by atoms with van der Waals surface area (Å²) < 4.78 is 10.5. The van der Waals surface area contributed by atoms with Gasteiger partial charge in [0, 0.05) is 24.1 Å². The molecular formula is C14H12N2O4. The molecule has 20 heavy (non-hydrogen) atoms. The van der Waals surface area contributed by atoms with E-state index in [2.05, 4.69) is 9.97 Å². The summed E-state index contributed by atoms with van der Waals surface area (Å²) in [6, 6.07) is 7.08. The molecule has 0 unspecified atom stereocenters. The van der Waals surface area contributed by atoms with Crippen LogP contribution in [0, 0.1) is 0 Å². The van der Waals surface area contributed by atoms with Gasteiger partial charge in [0.1, 0.15) is 11.5 Å². The highest BCUT2D eigenvalue weighted by Crippen LogP contribution is 2.13. The topological polar surface area (TPSA) is 92.0 Å². The van der Waals surface area contributed by atoms with E-state index in [1.807, 2.05) is 0 Å². The van der Waals surface area contributed by atoms with Crippen LogP contribution in [0.2, 0.25) is 0 Å². The third-order valence-electron chi connectivity index (χ3n) is 2.99. The van der Waals surface area contributed by atoms with Crippen LogP contribution in [0.25, 0.3) is 0 Å². The van der Waals surface area contributed by atoms with Gasteiger partial charge in [-0.2, -0.15) is 0 Å². The average molecular weight is 272 g/mol. The van der Waals surface area contributed by atoms with Crippen molar-refractivity contribution in [2.24, 2.45) is 0 Å². The molecule has 0 amide bonds. The van der Waals surface area contributed by atoms with Crippen molar-refractivity contribution in [3.05, 3.63) is 80.4 Å². The number of hydrogen-bond acceptors (Lipinski definition) is 4. The van der Waals surface area contributed by atoms with E-state index in [-0.39, 0.29) is 0 Å². The highest BCUT2D eigenvalue weighted by molar-refractivity contribution is 5.25. The lowest BCUT2D eigenvalue weighted by Gasteiger charge is -2.05. The molecule has 0 bridgehead atoms. The molecule has 3 rings (SSSR count). The van der Waals surface area contributed by atoms with Gasteiger partial charge in [-0.25, -0.2) is 4.79 Å². The minimum absolute atomic E-state index is 0.315. The number of hydrogen-bond donors (Lipinski definition) is 2. The Morgan fingerprint density at radius 2 is 1.55 bits per heavy atom. The maximum absolute atomic E-state index is 12.0. The molecule has 3 aromatic heterocycles. The van der Waals surface area contributed by atoms with Gasteiger partial charge in [-0.3, -0.25) is 9.78 Å². The lowest BCUT2D eigenvalue weighted by Crippen LogP contribution is -2.28. The molecule has 0 aliphatic heterocycles. The zero-order valence-electron chi connectivity index (χ0n) is 10.5. The largest absolute Gasteiger partial charge is 0.469 e. The molecule has 6 heteroatoms. The Hall–Kier alpha value is -2.76. The smallest absolute Gasteiger partial charge is 0.325 e. The number of rotatable bonds is 4. The number of aromatic amines is 2. The van der Waals surface area contributed by atoms with E-state index in [1.165, 1.54) is 0 Å². The molecule has 0 fully saturated rings. The first-order valence-electron chi connectivity index (χ1n) is 6.11. The molecule has 0 aliphatic carbocycles. The van der Waals surface area contributed by atoms with Gasteiger partial charge >= 0.3 is 5.69 Å². The molecule has 102 valence electrons. The third kappa shape index (κ3) is 2.49. The van der Waals surface area contributed by atoms with Crippen molar-refractivity contribution >= 4 is 0 Å². The van der Waals surface area contributed by atoms with E-state index in [1.54, 1.807) is 36.8 Å². The van der Waals surface area contributed by atoms with E-state index in [9.17, 15) is 9.59 Å². The summed E-state index contributed by atoms with van der Waals surface area (Å²) in [7, 11) is 0. The first-order valence-corrected chi connectivity index (χ1v) is 6.11. The normalized spacial score (nSPS) is 10.8. The maximum atomic E-state index is 12.0. The molecule has 2 N–H and O–H groups in total. The van der Waals surface area contributed by atoms with E-state index >= 15 is 0 Å². The molecule has 0 saturated carbocycles. The minimum Gasteiger partial charge on any atom is -0.469 e. The van der Waals surface area contributed by atoms with E-state index in [0.717, 1.165) is 0 Å². The Balaban J connectivity index is 2.02. The fraction of sp³-hybridized carbons (Fsp3) is 0.143. The predicted molar refractivity (Wildman–Crippen MR) is 70.7 cm³/mol. The molecule has 0 spiro atoms. The molecule has 3 heterocycles. The van der Waals surface area contributed by atoms with Crippen molar-refractivity contribution in [2.75, 3.05) is 0 Å². The standard InChI is InChI=1S/C14H12N2O4/c17-13-11(7-9-3-1-5-19-9)12(15-14(18)16-13)8-10-4-2-6-20-10/h1-6H,7-8H2,(H2,15,16,17,18). The molecule has 0 atom stereocenters. The van der Waals surface area contributed by atoms with Crippen molar-refractivity contribution < 1.29 is 8.83 Å². The van der Waals surface area contributed by atoms with Crippen LogP contribution in [-0.2, 0) is 12.8 Å². The summed E-state index contributed by atoms with van der Waals surface area (Å²) in [5.74, 6) is 1.33. The second-order valence-electron chi connectivity index (χ2n) is 4.38. The lowest BCUT2D eigenvalue weighted by atomic mass is 10.1. The first kappa shape index (κ1) is 12.3. The van der Waals surface area contributed by atoms with Crippen LogP contribution in [-0.4, -0.2) is 9.97 Å². The minimum atomic E-state index is -0.528. The highest BCUT2D eigenvalue weighted by Gasteiger charge is 2.13. The second kappa shape index (κ2) is 5.08. The van der Waals surface area contributed by atoms with Gasteiger partial charge in [-0.05, 0) is 24.3 Å². The number of H-pyrrole nitrogens is 2. The fourth-order valence-electron chi connectivity index (χ4n) is 2.07. The molecule has 0 aliphatic rings. The van der Waals surface area contributed by atoms with Crippen LogP contribution in [0.1, 0.15) is 22.8 Å². The molecular weight excluding hydrogens is 260 g/mol. The van der Waals surface area contributed by atoms with Crippen LogP contribution in [0.15, 0.2) is 55.2 Å². The highest BCUT2D eigenvalue weighted by atomic mass is 16.3. The van der Waals surface area contributed by atoms with Crippen molar-refractivity contribution in [1.29, 1.82) is 0 Å². The number of aromatic nitrogens is 2. The van der Waals surface area contributed by atoms with Crippen molar-refractivity contribution in [3.8, 4) is 0 Å². The van der Waals surface area contributed by atoms with Gasteiger partial charge in [0.05, 0.1) is 12.5 Å². The van der Waals surface area contributed by atoms with Gasteiger partial charge in [0.2, 0.25) is 0 Å². The van der Waals surface area contributed by atoms with Gasteiger partial charge in [-0.15, -0.1) is 0 Å². The van der Waals surface area contributed by atoms with E-state index < -0.39 is 11.2 Å². The third-order valence-corrected chi connectivity index (χ3v) is 2.99. The van der Waals surface area contributed by atoms with Gasteiger partial charge in [0.25, 0.3) is 5.56 Å². The summed E-state index contributed by atoms with van der Waals surface area (Å²) in [4.78, 5) is 28.3. The Bertz CT molecular complexity index is 795. The van der Waals surface area contributed by atoms with Crippen molar-refractivity contribution in [3.63, 3.8) is 0 Å². The van der Waals surface area contributed by atoms with E-state index in [0.29, 0.717) is 35.6 Å². The second-order valence-corrected chi connectivity index (χ2v) is 4.38. The Labute approximate surface area is 113 Å². The monoisotopic (exact) mass is 272 g/mol. The summed E-state index contributed by atoms with van der Waals surface area (Å²) >= 11 is 0. The molecule has 6 nitrogen and oxygen atoms in total. The van der Waals surface area contributed by atoms with Crippen LogP contribution in [0.4, 0.5) is 0 Å². The zero-order valence-corrected chi connectivity index (χ0v) is 10.5. The Morgan fingerprint density at radius 3 is 2.15 bits per heavy atom. The summed E-state index contributed by atoms with van der Waals surface area (Å²) in [6.45, 7) is 0. The van der Waals surface area contributed by atoms with Crippen LogP contribution in [0.3, 0.4) is 0 Å². The van der Waals surface area contributed by atoms with Crippen molar-refractivity contribution in [2.45, 2.75) is 12.8 Å². The van der Waals surface area contributed by atoms with Crippen LogP contribution >= 0.6 is 0 Å². The maximum Gasteiger partial charge on any atom is 0.325 e. The summed E-state index contributed by atoms with van der Waals surface area (Å²) in [5.41, 5.74) is 0.0625. The Kier molecular flexibility index (Phi) is 3.12. The molecule has 0 saturated heterocycles. The fourth-order valence-corrected chi connectivity index (χ4v) is 2.07. The number of nitrogens with one attached hydrogen (secondary N) is 2. The Morgan fingerprint density at radius 1 is 0.900 bits per heavy atom. The van der Waals surface area contributed by atoms with Crippen molar-refractivity contribution in [1.82, 2.24) is 9.97 Å². The summed E-state index contributed by atoms with van der Waals surface area (Å²) in [6.07, 6.45) is 3.76. The quantitative estimate of drug-likeness (QED) is 0.751. The average Bonchev–Trinajstić information content (AvgIpc) is 3.06. The van der Waals surface area contributed by atoms with Crippen LogP contribution < -0.4 is 11.2 Å². The van der Waals surface area contributed by atoms with Gasteiger partial charge in [-0.1, -0.05) is 0 Å². The zero-order chi connectivity index (χ0) is 13.9. The van der Waals surface area contributed by atoms with E-state index in [4.69, 9.17) is 8.83 Å². The summed E-state index contributed by atoms with van der Waals surface area (Å²) in [5, 5.41) is 0. The lowest BCUT2D eigenvalue weighted by molar-refractivity contribution is 0.511. The predicted octanol–water partition coefficient (Wildman–Crippen LogP) is 1.43. The first-order chi connectivity index (χ1) is 9.72.